The summed E-state index contributed by atoms with van der Waals surface area (Å²) in [6, 6.07) is 9.98. The van der Waals surface area contributed by atoms with E-state index in [0.29, 0.717) is 31.0 Å². The number of carbonyl (C=O) groups excluding carboxylic acids is 1. The number of nitrogens with one attached hydrogen (secondary N) is 2. The summed E-state index contributed by atoms with van der Waals surface area (Å²) in [6.07, 6.45) is 4.29. The van der Waals surface area contributed by atoms with Gasteiger partial charge in [0.25, 0.3) is 5.91 Å². The Morgan fingerprint density at radius 2 is 1.97 bits per heavy atom. The minimum Gasteiger partial charge on any atom is -0.492 e. The molecule has 1 aliphatic heterocycles. The number of rotatable bonds is 10. The summed E-state index contributed by atoms with van der Waals surface area (Å²) in [7, 11) is 1.65. The second-order valence-electron chi connectivity index (χ2n) is 7.75. The Kier molecular flexibility index (Phi) is 9.50. The molecular formula is C24H31ClN4O4. The summed E-state index contributed by atoms with van der Waals surface area (Å²) in [6.45, 7) is 6.26. The van der Waals surface area contributed by atoms with E-state index in [4.69, 9.17) is 14.2 Å². The maximum Gasteiger partial charge on any atom is 0.253 e. The number of ether oxygens (including phenoxy) is 3. The van der Waals surface area contributed by atoms with E-state index in [1.54, 1.807) is 13.3 Å². The predicted octanol–water partition coefficient (Wildman–Crippen LogP) is 3.13. The number of nitrogens with zero attached hydrogens (tertiary/aromatic N) is 2. The van der Waals surface area contributed by atoms with Gasteiger partial charge in [-0.3, -0.25) is 9.69 Å². The second kappa shape index (κ2) is 12.6. The van der Waals surface area contributed by atoms with Crippen LogP contribution >= 0.6 is 12.4 Å². The molecule has 4 rings (SSSR count). The fourth-order valence-corrected chi connectivity index (χ4v) is 3.72. The second-order valence-corrected chi connectivity index (χ2v) is 7.75. The molecular weight excluding hydrogens is 444 g/mol. The van der Waals surface area contributed by atoms with Crippen LogP contribution in [0, 0.1) is 0 Å². The third-order valence-electron chi connectivity index (χ3n) is 5.55. The Balaban J connectivity index is 0.00000306. The lowest BCUT2D eigenvalue weighted by Crippen LogP contribution is -2.38. The van der Waals surface area contributed by atoms with E-state index < -0.39 is 0 Å². The van der Waals surface area contributed by atoms with Gasteiger partial charge in [0.1, 0.15) is 18.0 Å². The number of fused-ring (bicyclic) bond motifs is 1. The van der Waals surface area contributed by atoms with Crippen LogP contribution in [0.4, 0.5) is 0 Å². The molecule has 0 spiro atoms. The number of carbonyl (C=O) groups is 1. The molecule has 1 aliphatic rings. The molecule has 178 valence electrons. The first-order valence-corrected chi connectivity index (χ1v) is 11.0. The molecule has 0 bridgehead atoms. The number of halogens is 1. The number of methoxy groups -OCH3 is 1. The SMILES string of the molecule is COCCCNC(=O)c1c[nH]c2ncc(-c3ccc(OCCN4CCOCC4)cc3)cc12.Cl. The number of aromatic amines is 1. The van der Waals surface area contributed by atoms with E-state index in [0.717, 1.165) is 61.5 Å². The van der Waals surface area contributed by atoms with Crippen molar-refractivity contribution in [1.29, 1.82) is 0 Å². The first kappa shape index (κ1) is 25.0. The van der Waals surface area contributed by atoms with Gasteiger partial charge in [0, 0.05) is 63.2 Å². The number of benzene rings is 1. The van der Waals surface area contributed by atoms with Gasteiger partial charge in [-0.15, -0.1) is 12.4 Å². The maximum absolute atomic E-state index is 12.6. The zero-order chi connectivity index (χ0) is 22.2. The Morgan fingerprint density at radius 1 is 1.18 bits per heavy atom. The lowest BCUT2D eigenvalue weighted by Gasteiger charge is -2.26. The zero-order valence-electron chi connectivity index (χ0n) is 18.8. The van der Waals surface area contributed by atoms with E-state index >= 15 is 0 Å². The molecule has 1 fully saturated rings. The monoisotopic (exact) mass is 474 g/mol. The van der Waals surface area contributed by atoms with Crippen LogP contribution in [0.5, 0.6) is 5.75 Å². The molecule has 0 unspecified atom stereocenters. The molecule has 0 saturated carbocycles. The quantitative estimate of drug-likeness (QED) is 0.439. The number of pyridine rings is 1. The molecule has 0 atom stereocenters. The molecule has 33 heavy (non-hydrogen) atoms. The standard InChI is InChI=1S/C24H30N4O4.ClH/c1-30-11-2-7-25-24(29)22-17-27-23-21(22)15-19(16-26-23)18-3-5-20(6-4-18)32-14-10-28-8-12-31-13-9-28;/h3-6,15-17H,2,7-14H2,1H3,(H,25,29)(H,26,27);1H. The van der Waals surface area contributed by atoms with Gasteiger partial charge in [-0.1, -0.05) is 12.1 Å². The third kappa shape index (κ3) is 6.68. The normalized spacial score (nSPS) is 14.1. The number of morpholine rings is 1. The molecule has 8 nitrogen and oxygen atoms in total. The van der Waals surface area contributed by atoms with Gasteiger partial charge >= 0.3 is 0 Å². The Hall–Kier alpha value is -2.65. The van der Waals surface area contributed by atoms with E-state index in [2.05, 4.69) is 20.2 Å². The van der Waals surface area contributed by atoms with Crippen molar-refractivity contribution in [2.24, 2.45) is 0 Å². The van der Waals surface area contributed by atoms with Crippen molar-refractivity contribution in [3.8, 4) is 16.9 Å². The maximum atomic E-state index is 12.6. The first-order valence-electron chi connectivity index (χ1n) is 11.0. The van der Waals surface area contributed by atoms with Crippen LogP contribution in [0.3, 0.4) is 0 Å². The van der Waals surface area contributed by atoms with Gasteiger partial charge in [0.05, 0.1) is 18.8 Å². The van der Waals surface area contributed by atoms with Gasteiger partial charge in [-0.05, 0) is 30.2 Å². The molecule has 0 radical (unpaired) electrons. The highest BCUT2D eigenvalue weighted by Gasteiger charge is 2.14. The van der Waals surface area contributed by atoms with Crippen LogP contribution in [0.15, 0.2) is 42.7 Å². The fourth-order valence-electron chi connectivity index (χ4n) is 3.72. The van der Waals surface area contributed by atoms with Gasteiger partial charge in [0.2, 0.25) is 0 Å². The van der Waals surface area contributed by atoms with Gasteiger partial charge in [-0.2, -0.15) is 0 Å². The Bertz CT molecular complexity index is 1020. The van der Waals surface area contributed by atoms with Crippen molar-refractivity contribution >= 4 is 29.3 Å². The number of amides is 1. The number of aromatic nitrogens is 2. The topological polar surface area (TPSA) is 88.7 Å². The van der Waals surface area contributed by atoms with Crippen molar-refractivity contribution in [1.82, 2.24) is 20.2 Å². The minimum atomic E-state index is -0.115. The van der Waals surface area contributed by atoms with E-state index in [1.165, 1.54) is 0 Å². The van der Waals surface area contributed by atoms with E-state index in [9.17, 15) is 4.79 Å². The van der Waals surface area contributed by atoms with Crippen molar-refractivity contribution < 1.29 is 19.0 Å². The van der Waals surface area contributed by atoms with Crippen LogP contribution in [0.2, 0.25) is 0 Å². The van der Waals surface area contributed by atoms with E-state index in [1.807, 2.05) is 36.5 Å². The molecule has 9 heteroatoms. The molecule has 1 amide bonds. The van der Waals surface area contributed by atoms with Crippen LogP contribution in [-0.4, -0.2) is 80.5 Å². The number of H-pyrrole nitrogens is 1. The highest BCUT2D eigenvalue weighted by atomic mass is 35.5. The largest absolute Gasteiger partial charge is 0.492 e. The van der Waals surface area contributed by atoms with Gasteiger partial charge in [-0.25, -0.2) is 4.98 Å². The molecule has 3 heterocycles. The molecule has 3 aromatic rings. The molecule has 2 N–H and O–H groups in total. The Labute approximate surface area is 200 Å². The van der Waals surface area contributed by atoms with Crippen molar-refractivity contribution in [3.63, 3.8) is 0 Å². The third-order valence-corrected chi connectivity index (χ3v) is 5.55. The fraction of sp³-hybridized carbons (Fsp3) is 0.417. The Morgan fingerprint density at radius 3 is 2.73 bits per heavy atom. The number of hydrogen-bond donors (Lipinski definition) is 2. The van der Waals surface area contributed by atoms with Crippen molar-refractivity contribution in [3.05, 3.63) is 48.3 Å². The van der Waals surface area contributed by atoms with Gasteiger partial charge in [0.15, 0.2) is 0 Å². The highest BCUT2D eigenvalue weighted by Crippen LogP contribution is 2.26. The van der Waals surface area contributed by atoms with Crippen LogP contribution < -0.4 is 10.1 Å². The summed E-state index contributed by atoms with van der Waals surface area (Å²) < 4.78 is 16.3. The lowest BCUT2D eigenvalue weighted by molar-refractivity contribution is 0.0322. The van der Waals surface area contributed by atoms with Crippen LogP contribution in [-0.2, 0) is 9.47 Å². The van der Waals surface area contributed by atoms with Crippen LogP contribution in [0.25, 0.3) is 22.2 Å². The zero-order valence-corrected chi connectivity index (χ0v) is 19.7. The molecule has 2 aromatic heterocycles. The summed E-state index contributed by atoms with van der Waals surface area (Å²) in [5.74, 6) is 0.726. The minimum absolute atomic E-state index is 0. The predicted molar refractivity (Wildman–Crippen MR) is 130 cm³/mol. The number of hydrogen-bond acceptors (Lipinski definition) is 6. The smallest absolute Gasteiger partial charge is 0.253 e. The van der Waals surface area contributed by atoms with Crippen molar-refractivity contribution in [2.75, 3.05) is 59.7 Å². The average molecular weight is 475 g/mol. The van der Waals surface area contributed by atoms with Crippen LogP contribution in [0.1, 0.15) is 16.8 Å². The molecule has 1 aromatic carbocycles. The molecule has 0 aliphatic carbocycles. The van der Waals surface area contributed by atoms with E-state index in [-0.39, 0.29) is 18.3 Å². The average Bonchev–Trinajstić information content (AvgIpc) is 3.26. The highest BCUT2D eigenvalue weighted by molar-refractivity contribution is 6.06. The first-order chi connectivity index (χ1) is 15.7. The lowest BCUT2D eigenvalue weighted by atomic mass is 10.1. The summed E-state index contributed by atoms with van der Waals surface area (Å²) in [4.78, 5) is 22.5. The summed E-state index contributed by atoms with van der Waals surface area (Å²) in [5.41, 5.74) is 3.26. The summed E-state index contributed by atoms with van der Waals surface area (Å²) >= 11 is 0. The summed E-state index contributed by atoms with van der Waals surface area (Å²) in [5, 5.41) is 3.73. The van der Waals surface area contributed by atoms with Gasteiger partial charge < -0.3 is 24.5 Å². The van der Waals surface area contributed by atoms with Crippen molar-refractivity contribution in [2.45, 2.75) is 6.42 Å². The molecule has 1 saturated heterocycles.